The summed E-state index contributed by atoms with van der Waals surface area (Å²) < 4.78 is 10.6. The van der Waals surface area contributed by atoms with Crippen molar-refractivity contribution in [2.24, 2.45) is 0 Å². The molecule has 1 saturated heterocycles. The van der Waals surface area contributed by atoms with E-state index >= 15 is 0 Å². The molecular weight excluding hydrogens is 168 g/mol. The topological polar surface area (TPSA) is 48.2 Å². The summed E-state index contributed by atoms with van der Waals surface area (Å²) in [6.07, 6.45) is 2.13. The number of ether oxygens (including phenoxy) is 1. The van der Waals surface area contributed by atoms with Crippen LogP contribution in [0.4, 0.5) is 0 Å². The summed E-state index contributed by atoms with van der Waals surface area (Å²) in [5.41, 5.74) is 0. The lowest BCUT2D eigenvalue weighted by Gasteiger charge is -2.00. The zero-order chi connectivity index (χ0) is 9.26. The van der Waals surface area contributed by atoms with Gasteiger partial charge in [-0.25, -0.2) is 0 Å². The second-order valence-corrected chi connectivity index (χ2v) is 3.65. The molecule has 0 aliphatic carbocycles. The molecule has 1 aromatic heterocycles. The molecule has 0 radical (unpaired) electrons. The SMILES string of the molecule is CC(C)c1noc(C2CCCO2)n1. The van der Waals surface area contributed by atoms with Crippen molar-refractivity contribution in [3.63, 3.8) is 0 Å². The molecule has 0 bridgehead atoms. The van der Waals surface area contributed by atoms with E-state index in [-0.39, 0.29) is 6.10 Å². The minimum absolute atomic E-state index is 0.0417. The standard InChI is InChI=1S/C9H14N2O2/c1-6(2)8-10-9(13-11-8)7-4-3-5-12-7/h6-7H,3-5H2,1-2H3. The van der Waals surface area contributed by atoms with E-state index in [1.54, 1.807) is 0 Å². The monoisotopic (exact) mass is 182 g/mol. The van der Waals surface area contributed by atoms with E-state index in [4.69, 9.17) is 9.26 Å². The lowest BCUT2D eigenvalue weighted by atomic mass is 10.2. The van der Waals surface area contributed by atoms with Crippen molar-refractivity contribution in [2.45, 2.75) is 38.7 Å². The van der Waals surface area contributed by atoms with Crippen LogP contribution in [0.15, 0.2) is 4.52 Å². The number of aromatic nitrogens is 2. The van der Waals surface area contributed by atoms with Crippen LogP contribution in [0.25, 0.3) is 0 Å². The number of nitrogens with zero attached hydrogens (tertiary/aromatic N) is 2. The molecule has 1 atom stereocenters. The molecule has 0 aromatic carbocycles. The van der Waals surface area contributed by atoms with Crippen LogP contribution in [0, 0.1) is 0 Å². The second-order valence-electron chi connectivity index (χ2n) is 3.65. The van der Waals surface area contributed by atoms with Crippen LogP contribution in [0.3, 0.4) is 0 Å². The Morgan fingerprint density at radius 2 is 2.31 bits per heavy atom. The molecule has 1 aliphatic heterocycles. The van der Waals surface area contributed by atoms with Crippen molar-refractivity contribution in [3.8, 4) is 0 Å². The average molecular weight is 182 g/mol. The van der Waals surface area contributed by atoms with Gasteiger partial charge in [0.1, 0.15) is 6.10 Å². The van der Waals surface area contributed by atoms with Crippen molar-refractivity contribution in [3.05, 3.63) is 11.7 Å². The molecule has 0 N–H and O–H groups in total. The van der Waals surface area contributed by atoms with Crippen LogP contribution in [0.5, 0.6) is 0 Å². The van der Waals surface area contributed by atoms with Gasteiger partial charge in [0.05, 0.1) is 0 Å². The van der Waals surface area contributed by atoms with Crippen molar-refractivity contribution in [2.75, 3.05) is 6.61 Å². The number of rotatable bonds is 2. The highest BCUT2D eigenvalue weighted by Crippen LogP contribution is 2.27. The Morgan fingerprint density at radius 3 is 2.85 bits per heavy atom. The summed E-state index contributed by atoms with van der Waals surface area (Å²) in [6.45, 7) is 4.90. The molecule has 1 aromatic rings. The Bertz CT molecular complexity index is 277. The van der Waals surface area contributed by atoms with Crippen LogP contribution >= 0.6 is 0 Å². The first-order valence-electron chi connectivity index (χ1n) is 4.72. The number of hydrogen-bond acceptors (Lipinski definition) is 4. The third-order valence-corrected chi connectivity index (χ3v) is 2.18. The first-order valence-corrected chi connectivity index (χ1v) is 4.72. The van der Waals surface area contributed by atoms with E-state index in [0.717, 1.165) is 25.3 Å². The molecule has 1 aliphatic rings. The van der Waals surface area contributed by atoms with Gasteiger partial charge in [-0.3, -0.25) is 0 Å². The third-order valence-electron chi connectivity index (χ3n) is 2.18. The summed E-state index contributed by atoms with van der Waals surface area (Å²) in [5, 5.41) is 3.89. The third kappa shape index (κ3) is 1.72. The molecule has 0 spiro atoms. The lowest BCUT2D eigenvalue weighted by molar-refractivity contribution is 0.0835. The van der Waals surface area contributed by atoms with Gasteiger partial charge in [-0.05, 0) is 12.8 Å². The molecular formula is C9H14N2O2. The predicted octanol–water partition coefficient (Wildman–Crippen LogP) is 2.04. The van der Waals surface area contributed by atoms with Gasteiger partial charge in [-0.2, -0.15) is 4.98 Å². The molecule has 0 saturated carbocycles. The van der Waals surface area contributed by atoms with E-state index in [1.165, 1.54) is 0 Å². The highest BCUT2D eigenvalue weighted by molar-refractivity contribution is 4.95. The summed E-state index contributed by atoms with van der Waals surface area (Å²) in [6, 6.07) is 0. The van der Waals surface area contributed by atoms with Crippen LogP contribution < -0.4 is 0 Å². The van der Waals surface area contributed by atoms with Crippen molar-refractivity contribution in [1.29, 1.82) is 0 Å². The molecule has 4 heteroatoms. The lowest BCUT2D eigenvalue weighted by Crippen LogP contribution is -1.97. The van der Waals surface area contributed by atoms with E-state index in [2.05, 4.69) is 10.1 Å². The van der Waals surface area contributed by atoms with Crippen LogP contribution in [0.2, 0.25) is 0 Å². The largest absolute Gasteiger partial charge is 0.368 e. The van der Waals surface area contributed by atoms with Crippen LogP contribution in [0.1, 0.15) is 50.4 Å². The molecule has 0 amide bonds. The maximum absolute atomic E-state index is 5.44. The van der Waals surface area contributed by atoms with E-state index in [9.17, 15) is 0 Å². The zero-order valence-corrected chi connectivity index (χ0v) is 7.99. The summed E-state index contributed by atoms with van der Waals surface area (Å²) in [7, 11) is 0. The fraction of sp³-hybridized carbons (Fsp3) is 0.778. The van der Waals surface area contributed by atoms with E-state index in [1.807, 2.05) is 13.8 Å². The zero-order valence-electron chi connectivity index (χ0n) is 7.99. The quantitative estimate of drug-likeness (QED) is 0.702. The minimum Gasteiger partial charge on any atom is -0.368 e. The normalized spacial score (nSPS) is 22.8. The fourth-order valence-electron chi connectivity index (χ4n) is 1.38. The number of hydrogen-bond donors (Lipinski definition) is 0. The summed E-state index contributed by atoms with van der Waals surface area (Å²) in [4.78, 5) is 4.29. The first kappa shape index (κ1) is 8.69. The predicted molar refractivity (Wildman–Crippen MR) is 46.3 cm³/mol. The fourth-order valence-corrected chi connectivity index (χ4v) is 1.38. The molecule has 2 heterocycles. The molecule has 13 heavy (non-hydrogen) atoms. The second kappa shape index (κ2) is 3.46. The smallest absolute Gasteiger partial charge is 0.255 e. The van der Waals surface area contributed by atoms with Gasteiger partial charge in [0, 0.05) is 12.5 Å². The molecule has 2 rings (SSSR count). The Morgan fingerprint density at radius 1 is 1.46 bits per heavy atom. The van der Waals surface area contributed by atoms with Crippen molar-refractivity contribution in [1.82, 2.24) is 10.1 Å². The Labute approximate surface area is 77.3 Å². The highest BCUT2D eigenvalue weighted by Gasteiger charge is 2.24. The van der Waals surface area contributed by atoms with Gasteiger partial charge in [-0.1, -0.05) is 19.0 Å². The van der Waals surface area contributed by atoms with Crippen molar-refractivity contribution < 1.29 is 9.26 Å². The summed E-state index contributed by atoms with van der Waals surface area (Å²) >= 11 is 0. The van der Waals surface area contributed by atoms with Gasteiger partial charge >= 0.3 is 0 Å². The molecule has 1 fully saturated rings. The molecule has 4 nitrogen and oxygen atoms in total. The van der Waals surface area contributed by atoms with Gasteiger partial charge in [0.2, 0.25) is 0 Å². The maximum atomic E-state index is 5.44. The van der Waals surface area contributed by atoms with Gasteiger partial charge in [0.15, 0.2) is 5.82 Å². The Hall–Kier alpha value is -0.900. The Kier molecular flexibility index (Phi) is 2.31. The minimum atomic E-state index is 0.0417. The average Bonchev–Trinajstić information content (AvgIpc) is 2.75. The summed E-state index contributed by atoms with van der Waals surface area (Å²) in [5.74, 6) is 1.73. The maximum Gasteiger partial charge on any atom is 0.255 e. The molecule has 72 valence electrons. The van der Waals surface area contributed by atoms with Gasteiger partial charge < -0.3 is 9.26 Å². The van der Waals surface area contributed by atoms with Gasteiger partial charge in [0.25, 0.3) is 5.89 Å². The van der Waals surface area contributed by atoms with Crippen molar-refractivity contribution >= 4 is 0 Å². The highest BCUT2D eigenvalue weighted by atomic mass is 16.5. The molecule has 1 unspecified atom stereocenters. The first-order chi connectivity index (χ1) is 6.27. The van der Waals surface area contributed by atoms with E-state index < -0.39 is 0 Å². The van der Waals surface area contributed by atoms with Crippen LogP contribution in [-0.2, 0) is 4.74 Å². The van der Waals surface area contributed by atoms with Gasteiger partial charge in [-0.15, -0.1) is 0 Å². The van der Waals surface area contributed by atoms with E-state index in [0.29, 0.717) is 11.8 Å². The Balaban J connectivity index is 2.12. The van der Waals surface area contributed by atoms with Crippen LogP contribution in [-0.4, -0.2) is 16.7 Å².